The van der Waals surface area contributed by atoms with E-state index in [0.29, 0.717) is 0 Å². The van der Waals surface area contributed by atoms with Gasteiger partial charge in [0.15, 0.2) is 0 Å². The summed E-state index contributed by atoms with van der Waals surface area (Å²) < 4.78 is 0. The Morgan fingerprint density at radius 2 is 1.75 bits per heavy atom. The minimum atomic E-state index is 0.823. The van der Waals surface area contributed by atoms with Crippen molar-refractivity contribution in [3.05, 3.63) is 0 Å². The molecule has 0 heterocycles. The van der Waals surface area contributed by atoms with Crippen molar-refractivity contribution < 1.29 is 0 Å². The smallest absolute Gasteiger partial charge is 0.00622 e. The van der Waals surface area contributed by atoms with Crippen molar-refractivity contribution in [1.29, 1.82) is 0 Å². The number of hydrogen-bond acceptors (Lipinski definition) is 0. The summed E-state index contributed by atoms with van der Waals surface area (Å²) in [5.74, 6) is 2.59. The highest BCUT2D eigenvalue weighted by Gasteiger charge is 2.14. The second-order valence-electron chi connectivity index (χ2n) is 4.29. The van der Waals surface area contributed by atoms with Crippen LogP contribution < -0.4 is 0 Å². The van der Waals surface area contributed by atoms with Gasteiger partial charge in [-0.2, -0.15) is 0 Å². The fraction of sp³-hybridized carbons (Fsp3) is 1.00. The van der Waals surface area contributed by atoms with Gasteiger partial charge >= 0.3 is 0 Å². The van der Waals surface area contributed by atoms with E-state index in [9.17, 15) is 0 Å². The molecular weight excluding hydrogens is 212 g/mol. The van der Waals surface area contributed by atoms with E-state index in [1.165, 1.54) is 24.6 Å². The molecule has 0 spiro atoms. The maximum Gasteiger partial charge on any atom is 0.00622 e. The minimum Gasteiger partial charge on any atom is -0.0925 e. The molecule has 0 aromatic carbocycles. The second kappa shape index (κ2) is 6.94. The van der Waals surface area contributed by atoms with E-state index >= 15 is 0 Å². The molecule has 0 amide bonds. The van der Waals surface area contributed by atoms with Crippen LogP contribution in [0.15, 0.2) is 0 Å². The van der Waals surface area contributed by atoms with E-state index in [0.717, 1.165) is 17.8 Å². The third-order valence-electron chi connectivity index (χ3n) is 2.63. The van der Waals surface area contributed by atoms with E-state index in [1.54, 1.807) is 0 Å². The van der Waals surface area contributed by atoms with Gasteiger partial charge in [0.2, 0.25) is 0 Å². The van der Waals surface area contributed by atoms with Crippen molar-refractivity contribution in [2.45, 2.75) is 47.0 Å². The number of hydrogen-bond donors (Lipinski definition) is 0. The molecule has 0 rings (SSSR count). The van der Waals surface area contributed by atoms with Crippen LogP contribution in [-0.4, -0.2) is 5.33 Å². The van der Waals surface area contributed by atoms with Crippen molar-refractivity contribution in [2.24, 2.45) is 17.8 Å². The molecule has 12 heavy (non-hydrogen) atoms. The Labute approximate surface area is 86.3 Å². The highest BCUT2D eigenvalue weighted by atomic mass is 79.9. The maximum atomic E-state index is 3.60. The molecule has 0 aromatic heterocycles. The quantitative estimate of drug-likeness (QED) is 0.595. The molecule has 74 valence electrons. The Morgan fingerprint density at radius 3 is 2.08 bits per heavy atom. The third kappa shape index (κ3) is 5.18. The number of alkyl halides is 1. The van der Waals surface area contributed by atoms with Gasteiger partial charge in [-0.05, 0) is 24.2 Å². The van der Waals surface area contributed by atoms with Gasteiger partial charge in [0.25, 0.3) is 0 Å². The Balaban J connectivity index is 3.69. The van der Waals surface area contributed by atoms with Crippen molar-refractivity contribution in [2.75, 3.05) is 5.33 Å². The van der Waals surface area contributed by atoms with Crippen molar-refractivity contribution in [3.63, 3.8) is 0 Å². The predicted molar refractivity (Wildman–Crippen MR) is 60.8 cm³/mol. The summed E-state index contributed by atoms with van der Waals surface area (Å²) in [7, 11) is 0. The molecule has 2 atom stereocenters. The van der Waals surface area contributed by atoms with Crippen LogP contribution in [0.3, 0.4) is 0 Å². The highest BCUT2D eigenvalue weighted by molar-refractivity contribution is 9.09. The van der Waals surface area contributed by atoms with Crippen molar-refractivity contribution in [1.82, 2.24) is 0 Å². The molecule has 0 aliphatic heterocycles. The van der Waals surface area contributed by atoms with Crippen LogP contribution in [0.4, 0.5) is 0 Å². The summed E-state index contributed by atoms with van der Waals surface area (Å²) in [6.07, 6.45) is 4.10. The lowest BCUT2D eigenvalue weighted by atomic mass is 9.87. The molecule has 0 saturated carbocycles. The van der Waals surface area contributed by atoms with Gasteiger partial charge in [0, 0.05) is 5.33 Å². The van der Waals surface area contributed by atoms with E-state index in [-0.39, 0.29) is 0 Å². The number of halogens is 1. The molecular formula is C11H23Br. The molecule has 0 bridgehead atoms. The van der Waals surface area contributed by atoms with Crippen molar-refractivity contribution >= 4 is 15.9 Å². The summed E-state index contributed by atoms with van der Waals surface area (Å²) >= 11 is 3.60. The zero-order valence-electron chi connectivity index (χ0n) is 8.94. The molecule has 0 radical (unpaired) electrons. The maximum absolute atomic E-state index is 3.60. The minimum absolute atomic E-state index is 0.823. The summed E-state index contributed by atoms with van der Waals surface area (Å²) in [5.41, 5.74) is 0. The first kappa shape index (κ1) is 12.5. The first-order chi connectivity index (χ1) is 5.61. The van der Waals surface area contributed by atoms with E-state index in [4.69, 9.17) is 0 Å². The average Bonchev–Trinajstić information content (AvgIpc) is 2.00. The summed E-state index contributed by atoms with van der Waals surface area (Å²) in [4.78, 5) is 0. The molecule has 0 aromatic rings. The van der Waals surface area contributed by atoms with Crippen molar-refractivity contribution in [3.8, 4) is 0 Å². The van der Waals surface area contributed by atoms with Crippen LogP contribution in [-0.2, 0) is 0 Å². The van der Waals surface area contributed by atoms with Gasteiger partial charge < -0.3 is 0 Å². The predicted octanol–water partition coefficient (Wildman–Crippen LogP) is 4.48. The van der Waals surface area contributed by atoms with Crippen LogP contribution >= 0.6 is 15.9 Å². The molecule has 0 saturated heterocycles. The Bertz CT molecular complexity index is 99.2. The molecule has 1 heteroatoms. The summed E-state index contributed by atoms with van der Waals surface area (Å²) in [6, 6.07) is 0. The van der Waals surface area contributed by atoms with E-state index in [2.05, 4.69) is 43.6 Å². The Morgan fingerprint density at radius 1 is 1.17 bits per heavy atom. The first-order valence-corrected chi connectivity index (χ1v) is 6.29. The molecule has 2 unspecified atom stereocenters. The fourth-order valence-corrected chi connectivity index (χ4v) is 2.65. The Hall–Kier alpha value is 0.480. The molecule has 0 nitrogen and oxygen atoms in total. The van der Waals surface area contributed by atoms with Crippen LogP contribution in [0.25, 0.3) is 0 Å². The monoisotopic (exact) mass is 234 g/mol. The van der Waals surface area contributed by atoms with Gasteiger partial charge in [-0.1, -0.05) is 56.5 Å². The van der Waals surface area contributed by atoms with E-state index < -0.39 is 0 Å². The van der Waals surface area contributed by atoms with Gasteiger partial charge in [-0.3, -0.25) is 0 Å². The molecule has 0 aliphatic rings. The number of rotatable bonds is 6. The van der Waals surface area contributed by atoms with Gasteiger partial charge in [0.05, 0.1) is 0 Å². The van der Waals surface area contributed by atoms with Gasteiger partial charge in [0.1, 0.15) is 0 Å². The zero-order chi connectivity index (χ0) is 9.56. The normalized spacial score (nSPS) is 16.5. The summed E-state index contributed by atoms with van der Waals surface area (Å²) in [5, 5.41) is 1.17. The second-order valence-corrected chi connectivity index (χ2v) is 4.94. The largest absolute Gasteiger partial charge is 0.0925 e. The van der Waals surface area contributed by atoms with Crippen LogP contribution in [0.2, 0.25) is 0 Å². The molecule has 0 aliphatic carbocycles. The van der Waals surface area contributed by atoms with Gasteiger partial charge in [-0.15, -0.1) is 0 Å². The highest BCUT2D eigenvalue weighted by Crippen LogP contribution is 2.24. The van der Waals surface area contributed by atoms with Crippen LogP contribution in [0, 0.1) is 17.8 Å². The lowest BCUT2D eigenvalue weighted by Gasteiger charge is -2.21. The molecule has 0 fully saturated rings. The third-order valence-corrected chi connectivity index (χ3v) is 3.46. The average molecular weight is 235 g/mol. The standard InChI is InChI=1S/C11H23Br/c1-5-6-10(4)7-11(8-12)9(2)3/h9-11H,5-8H2,1-4H3. The topological polar surface area (TPSA) is 0 Å². The van der Waals surface area contributed by atoms with Gasteiger partial charge in [-0.25, -0.2) is 0 Å². The summed E-state index contributed by atoms with van der Waals surface area (Å²) in [6.45, 7) is 9.30. The lowest BCUT2D eigenvalue weighted by molar-refractivity contribution is 0.327. The molecule has 0 N–H and O–H groups in total. The fourth-order valence-electron chi connectivity index (χ4n) is 1.64. The van der Waals surface area contributed by atoms with Crippen LogP contribution in [0.1, 0.15) is 47.0 Å². The van der Waals surface area contributed by atoms with Crippen LogP contribution in [0.5, 0.6) is 0 Å². The lowest BCUT2D eigenvalue weighted by Crippen LogP contribution is -2.14. The van der Waals surface area contributed by atoms with E-state index in [1.807, 2.05) is 0 Å². The zero-order valence-corrected chi connectivity index (χ0v) is 10.5. The first-order valence-electron chi connectivity index (χ1n) is 5.17. The SMILES string of the molecule is CCCC(C)CC(CBr)C(C)C. The Kier molecular flexibility index (Phi) is 7.22.